The summed E-state index contributed by atoms with van der Waals surface area (Å²) in [5.41, 5.74) is 4.98. The van der Waals surface area contributed by atoms with E-state index < -0.39 is 0 Å². The Kier molecular flexibility index (Phi) is 5.72. The highest BCUT2D eigenvalue weighted by atomic mass is 32.1. The van der Waals surface area contributed by atoms with E-state index in [-0.39, 0.29) is 11.7 Å². The number of rotatable bonds is 5. The minimum absolute atomic E-state index is 0.170. The lowest BCUT2D eigenvalue weighted by atomic mass is 10.1. The first-order valence-electron chi connectivity index (χ1n) is 9.66. The molecule has 1 aromatic heterocycles. The number of nitrogens with zero attached hydrogens (tertiary/aromatic N) is 2. The summed E-state index contributed by atoms with van der Waals surface area (Å²) >= 11 is 1.52. The molecule has 0 aliphatic carbocycles. The van der Waals surface area contributed by atoms with Crippen LogP contribution < -0.4 is 4.90 Å². The SMILES string of the molecule is Cc1cc(C)c2nc(N(Cc3ccccc3)C(=O)C=Cc3ccc(F)cc3)sc2c1. The van der Waals surface area contributed by atoms with Gasteiger partial charge in [0, 0.05) is 6.08 Å². The lowest BCUT2D eigenvalue weighted by Crippen LogP contribution is -2.28. The molecule has 0 N–H and O–H groups in total. The van der Waals surface area contributed by atoms with Crippen LogP contribution in [0.1, 0.15) is 22.3 Å². The van der Waals surface area contributed by atoms with Crippen LogP contribution in [0.5, 0.6) is 0 Å². The van der Waals surface area contributed by atoms with Gasteiger partial charge in [-0.05, 0) is 60.4 Å². The molecule has 0 saturated heterocycles. The molecule has 0 aliphatic heterocycles. The van der Waals surface area contributed by atoms with Crippen LogP contribution in [0.15, 0.2) is 72.8 Å². The zero-order chi connectivity index (χ0) is 21.1. The largest absolute Gasteiger partial charge is 0.280 e. The second kappa shape index (κ2) is 8.59. The monoisotopic (exact) mass is 416 g/mol. The molecule has 150 valence electrons. The number of hydrogen-bond acceptors (Lipinski definition) is 3. The summed E-state index contributed by atoms with van der Waals surface area (Å²) < 4.78 is 14.2. The maximum Gasteiger partial charge on any atom is 0.253 e. The van der Waals surface area contributed by atoms with Crippen molar-refractivity contribution < 1.29 is 9.18 Å². The first-order valence-corrected chi connectivity index (χ1v) is 10.5. The first kappa shape index (κ1) is 20.0. The van der Waals surface area contributed by atoms with Crippen molar-refractivity contribution in [3.8, 4) is 0 Å². The molecular formula is C25H21FN2OS. The van der Waals surface area contributed by atoms with Gasteiger partial charge in [-0.1, -0.05) is 59.9 Å². The average molecular weight is 417 g/mol. The fourth-order valence-electron chi connectivity index (χ4n) is 3.31. The smallest absolute Gasteiger partial charge is 0.253 e. The highest BCUT2D eigenvalue weighted by molar-refractivity contribution is 7.22. The third-order valence-electron chi connectivity index (χ3n) is 4.79. The van der Waals surface area contributed by atoms with Crippen LogP contribution in [0.2, 0.25) is 0 Å². The van der Waals surface area contributed by atoms with Crippen LogP contribution in [0, 0.1) is 19.7 Å². The first-order chi connectivity index (χ1) is 14.5. The van der Waals surface area contributed by atoms with Gasteiger partial charge in [-0.25, -0.2) is 9.37 Å². The Labute approximate surface area is 179 Å². The zero-order valence-corrected chi connectivity index (χ0v) is 17.6. The number of aryl methyl sites for hydroxylation is 2. The minimum atomic E-state index is -0.302. The predicted molar refractivity (Wildman–Crippen MR) is 122 cm³/mol. The summed E-state index contributed by atoms with van der Waals surface area (Å²) in [6.07, 6.45) is 3.21. The number of amides is 1. The number of fused-ring (bicyclic) bond motifs is 1. The van der Waals surface area contributed by atoms with Gasteiger partial charge < -0.3 is 0 Å². The maximum atomic E-state index is 13.1. The summed E-state index contributed by atoms with van der Waals surface area (Å²) in [6, 6.07) is 20.1. The molecule has 1 amide bonds. The Morgan fingerprint density at radius 1 is 1.07 bits per heavy atom. The van der Waals surface area contributed by atoms with Crippen LogP contribution in [0.3, 0.4) is 0 Å². The molecule has 4 aromatic rings. The Balaban J connectivity index is 1.69. The molecule has 0 aliphatic rings. The molecule has 0 radical (unpaired) electrons. The van der Waals surface area contributed by atoms with Crippen LogP contribution >= 0.6 is 11.3 Å². The minimum Gasteiger partial charge on any atom is -0.280 e. The van der Waals surface area contributed by atoms with E-state index in [1.165, 1.54) is 35.1 Å². The molecule has 0 spiro atoms. The van der Waals surface area contributed by atoms with Gasteiger partial charge in [0.2, 0.25) is 0 Å². The molecule has 0 saturated carbocycles. The van der Waals surface area contributed by atoms with Crippen LogP contribution in [-0.2, 0) is 11.3 Å². The quantitative estimate of drug-likeness (QED) is 0.358. The molecule has 4 rings (SSSR count). The van der Waals surface area contributed by atoms with Crippen molar-refractivity contribution in [2.45, 2.75) is 20.4 Å². The maximum absolute atomic E-state index is 13.1. The van der Waals surface area contributed by atoms with Crippen molar-refractivity contribution in [1.82, 2.24) is 4.98 Å². The predicted octanol–water partition coefficient (Wildman–Crippen LogP) is 6.30. The van der Waals surface area contributed by atoms with E-state index in [1.807, 2.05) is 37.3 Å². The fraction of sp³-hybridized carbons (Fsp3) is 0.120. The van der Waals surface area contributed by atoms with Crippen LogP contribution in [-0.4, -0.2) is 10.9 Å². The number of benzene rings is 3. The molecule has 3 nitrogen and oxygen atoms in total. The van der Waals surface area contributed by atoms with Gasteiger partial charge in [0.25, 0.3) is 5.91 Å². The summed E-state index contributed by atoms with van der Waals surface area (Å²) in [5.74, 6) is -0.471. The molecule has 30 heavy (non-hydrogen) atoms. The van der Waals surface area contributed by atoms with Crippen molar-refractivity contribution in [3.05, 3.63) is 101 Å². The Morgan fingerprint density at radius 2 is 1.80 bits per heavy atom. The summed E-state index contributed by atoms with van der Waals surface area (Å²) in [7, 11) is 0. The summed E-state index contributed by atoms with van der Waals surface area (Å²) in [6.45, 7) is 4.52. The number of halogens is 1. The van der Waals surface area contributed by atoms with Gasteiger partial charge in [0.05, 0.1) is 16.8 Å². The molecule has 0 unspecified atom stereocenters. The summed E-state index contributed by atoms with van der Waals surface area (Å²) in [4.78, 5) is 19.6. The number of hydrogen-bond donors (Lipinski definition) is 0. The molecule has 0 fully saturated rings. The lowest BCUT2D eigenvalue weighted by molar-refractivity contribution is -0.114. The van der Waals surface area contributed by atoms with E-state index in [0.717, 1.165) is 26.9 Å². The normalized spacial score (nSPS) is 11.3. The van der Waals surface area contributed by atoms with E-state index in [0.29, 0.717) is 11.7 Å². The average Bonchev–Trinajstić information content (AvgIpc) is 3.16. The second-order valence-corrected chi connectivity index (χ2v) is 8.23. The highest BCUT2D eigenvalue weighted by Crippen LogP contribution is 2.32. The van der Waals surface area contributed by atoms with Crippen LogP contribution in [0.4, 0.5) is 9.52 Å². The molecule has 0 bridgehead atoms. The van der Waals surface area contributed by atoms with Gasteiger partial charge in [0.15, 0.2) is 5.13 Å². The molecule has 5 heteroatoms. The number of aromatic nitrogens is 1. The molecule has 1 heterocycles. The Hall–Kier alpha value is -3.31. The Morgan fingerprint density at radius 3 is 2.53 bits per heavy atom. The van der Waals surface area contributed by atoms with Gasteiger partial charge in [0.1, 0.15) is 5.82 Å². The molecule has 0 atom stereocenters. The standard InChI is InChI=1S/C25H21FN2OS/c1-17-14-18(2)24-22(15-17)30-25(27-24)28(16-20-6-4-3-5-7-20)23(29)13-10-19-8-11-21(26)12-9-19/h3-15H,16H2,1-2H3. The topological polar surface area (TPSA) is 33.2 Å². The molecule has 3 aromatic carbocycles. The Bertz CT molecular complexity index is 1210. The van der Waals surface area contributed by atoms with E-state index in [1.54, 1.807) is 23.1 Å². The van der Waals surface area contributed by atoms with E-state index >= 15 is 0 Å². The number of carbonyl (C=O) groups is 1. The number of thiazole rings is 1. The second-order valence-electron chi connectivity index (χ2n) is 7.22. The summed E-state index contributed by atoms with van der Waals surface area (Å²) in [5, 5.41) is 0.663. The van der Waals surface area contributed by atoms with Gasteiger partial charge in [-0.15, -0.1) is 0 Å². The van der Waals surface area contributed by atoms with Crippen molar-refractivity contribution in [2.24, 2.45) is 0 Å². The van der Waals surface area contributed by atoms with Gasteiger partial charge >= 0.3 is 0 Å². The van der Waals surface area contributed by atoms with Crippen molar-refractivity contribution in [2.75, 3.05) is 4.90 Å². The van der Waals surface area contributed by atoms with Gasteiger partial charge in [-0.2, -0.15) is 0 Å². The zero-order valence-electron chi connectivity index (χ0n) is 16.8. The number of carbonyl (C=O) groups excluding carboxylic acids is 1. The lowest BCUT2D eigenvalue weighted by Gasteiger charge is -2.18. The highest BCUT2D eigenvalue weighted by Gasteiger charge is 2.19. The van der Waals surface area contributed by atoms with Crippen molar-refractivity contribution in [3.63, 3.8) is 0 Å². The van der Waals surface area contributed by atoms with Gasteiger partial charge in [-0.3, -0.25) is 9.69 Å². The number of anilines is 1. The van der Waals surface area contributed by atoms with E-state index in [2.05, 4.69) is 19.1 Å². The molecular weight excluding hydrogens is 395 g/mol. The van der Waals surface area contributed by atoms with Crippen molar-refractivity contribution >= 4 is 38.7 Å². The van der Waals surface area contributed by atoms with Crippen molar-refractivity contribution in [1.29, 1.82) is 0 Å². The van der Waals surface area contributed by atoms with Crippen LogP contribution in [0.25, 0.3) is 16.3 Å². The third-order valence-corrected chi connectivity index (χ3v) is 5.81. The third kappa shape index (κ3) is 4.47. The van der Waals surface area contributed by atoms with E-state index in [4.69, 9.17) is 4.98 Å². The fourth-order valence-corrected chi connectivity index (χ4v) is 4.46. The van der Waals surface area contributed by atoms with E-state index in [9.17, 15) is 9.18 Å².